The molecule has 1 aromatic rings. The first-order chi connectivity index (χ1) is 7.43. The molecular formula is C11H15BrN2O2. The van der Waals surface area contributed by atoms with Gasteiger partial charge in [0.25, 0.3) is 5.69 Å². The number of rotatable bonds is 4. The normalized spacial score (nSPS) is 14.5. The number of nitro benzene ring substituents is 1. The SMILES string of the molecule is CC(N)C(C)Cc1cccc([N+](=O)[O-])c1Br. The maximum Gasteiger partial charge on any atom is 0.283 e. The van der Waals surface area contributed by atoms with Gasteiger partial charge < -0.3 is 5.73 Å². The van der Waals surface area contributed by atoms with Gasteiger partial charge >= 0.3 is 0 Å². The van der Waals surface area contributed by atoms with Gasteiger partial charge in [-0.2, -0.15) is 0 Å². The van der Waals surface area contributed by atoms with Gasteiger partial charge in [0, 0.05) is 12.1 Å². The molecule has 2 atom stereocenters. The third kappa shape index (κ3) is 3.02. The monoisotopic (exact) mass is 286 g/mol. The summed E-state index contributed by atoms with van der Waals surface area (Å²) in [6.45, 7) is 3.98. The molecule has 0 aliphatic heterocycles. The van der Waals surface area contributed by atoms with E-state index in [0.29, 0.717) is 10.4 Å². The lowest BCUT2D eigenvalue weighted by molar-refractivity contribution is -0.385. The number of nitrogens with two attached hydrogens (primary N) is 1. The van der Waals surface area contributed by atoms with Gasteiger partial charge in [0.15, 0.2) is 0 Å². The fourth-order valence-electron chi connectivity index (χ4n) is 1.40. The molecule has 2 unspecified atom stereocenters. The van der Waals surface area contributed by atoms with Crippen LogP contribution in [0.1, 0.15) is 19.4 Å². The minimum absolute atomic E-state index is 0.0752. The van der Waals surface area contributed by atoms with Crippen LogP contribution in [0, 0.1) is 16.0 Å². The Hall–Kier alpha value is -0.940. The first-order valence-electron chi connectivity index (χ1n) is 5.10. The average molecular weight is 287 g/mol. The molecule has 0 amide bonds. The maximum atomic E-state index is 10.7. The highest BCUT2D eigenvalue weighted by Gasteiger charge is 2.17. The van der Waals surface area contributed by atoms with Crippen molar-refractivity contribution >= 4 is 21.6 Å². The zero-order chi connectivity index (χ0) is 12.3. The van der Waals surface area contributed by atoms with Gasteiger partial charge in [-0.05, 0) is 40.8 Å². The number of benzene rings is 1. The number of hydrogen-bond acceptors (Lipinski definition) is 3. The zero-order valence-corrected chi connectivity index (χ0v) is 10.9. The van der Waals surface area contributed by atoms with Gasteiger partial charge in [0.2, 0.25) is 0 Å². The Kier molecular flexibility index (Phi) is 4.44. The first-order valence-corrected chi connectivity index (χ1v) is 5.90. The number of hydrogen-bond donors (Lipinski definition) is 1. The van der Waals surface area contributed by atoms with Crippen LogP contribution >= 0.6 is 15.9 Å². The molecule has 0 radical (unpaired) electrons. The summed E-state index contributed by atoms with van der Waals surface area (Å²) in [4.78, 5) is 10.4. The topological polar surface area (TPSA) is 69.2 Å². The van der Waals surface area contributed by atoms with Crippen molar-refractivity contribution in [1.29, 1.82) is 0 Å². The van der Waals surface area contributed by atoms with Crippen molar-refractivity contribution in [1.82, 2.24) is 0 Å². The Morgan fingerprint density at radius 2 is 2.12 bits per heavy atom. The van der Waals surface area contributed by atoms with E-state index < -0.39 is 0 Å². The molecule has 0 aliphatic carbocycles. The van der Waals surface area contributed by atoms with E-state index in [1.54, 1.807) is 6.07 Å². The summed E-state index contributed by atoms with van der Waals surface area (Å²) in [5.41, 5.74) is 6.82. The molecule has 0 saturated carbocycles. The molecule has 2 N–H and O–H groups in total. The summed E-state index contributed by atoms with van der Waals surface area (Å²) < 4.78 is 0.563. The third-order valence-corrected chi connectivity index (χ3v) is 3.61. The van der Waals surface area contributed by atoms with E-state index in [2.05, 4.69) is 15.9 Å². The highest BCUT2D eigenvalue weighted by Crippen LogP contribution is 2.30. The van der Waals surface area contributed by atoms with Crippen LogP contribution in [0.4, 0.5) is 5.69 Å². The highest BCUT2D eigenvalue weighted by molar-refractivity contribution is 9.10. The molecule has 5 heteroatoms. The molecule has 0 spiro atoms. The molecule has 0 saturated heterocycles. The summed E-state index contributed by atoms with van der Waals surface area (Å²) in [5.74, 6) is 0.290. The Bertz CT molecular complexity index is 394. The van der Waals surface area contributed by atoms with Gasteiger partial charge in [0.05, 0.1) is 9.40 Å². The van der Waals surface area contributed by atoms with Crippen molar-refractivity contribution in [2.45, 2.75) is 26.3 Å². The lowest BCUT2D eigenvalue weighted by atomic mass is 9.95. The molecule has 0 aliphatic rings. The van der Waals surface area contributed by atoms with Crippen LogP contribution in [0.15, 0.2) is 22.7 Å². The van der Waals surface area contributed by atoms with E-state index in [1.165, 1.54) is 6.07 Å². The van der Waals surface area contributed by atoms with E-state index in [9.17, 15) is 10.1 Å². The van der Waals surface area contributed by atoms with E-state index in [0.717, 1.165) is 12.0 Å². The number of nitrogens with zero attached hydrogens (tertiary/aromatic N) is 1. The van der Waals surface area contributed by atoms with Crippen LogP contribution in [0.5, 0.6) is 0 Å². The Morgan fingerprint density at radius 1 is 1.50 bits per heavy atom. The quantitative estimate of drug-likeness (QED) is 0.683. The highest BCUT2D eigenvalue weighted by atomic mass is 79.9. The Labute approximate surface area is 103 Å². The van der Waals surface area contributed by atoms with Gasteiger partial charge in [-0.3, -0.25) is 10.1 Å². The summed E-state index contributed by atoms with van der Waals surface area (Å²) >= 11 is 3.28. The Balaban J connectivity index is 2.98. The van der Waals surface area contributed by atoms with E-state index in [-0.39, 0.29) is 16.7 Å². The molecule has 88 valence electrons. The molecule has 0 fully saturated rings. The number of halogens is 1. The van der Waals surface area contributed by atoms with Gasteiger partial charge in [-0.25, -0.2) is 0 Å². The second-order valence-corrected chi connectivity index (χ2v) is 4.84. The van der Waals surface area contributed by atoms with Crippen molar-refractivity contribution in [2.24, 2.45) is 11.7 Å². The second-order valence-electron chi connectivity index (χ2n) is 4.05. The summed E-state index contributed by atoms with van der Waals surface area (Å²) in [6.07, 6.45) is 0.736. The van der Waals surface area contributed by atoms with Crippen molar-refractivity contribution in [2.75, 3.05) is 0 Å². The average Bonchev–Trinajstić information content (AvgIpc) is 2.20. The largest absolute Gasteiger partial charge is 0.328 e. The van der Waals surface area contributed by atoms with Crippen LogP contribution < -0.4 is 5.73 Å². The van der Waals surface area contributed by atoms with E-state index in [4.69, 9.17) is 5.73 Å². The van der Waals surface area contributed by atoms with Crippen LogP contribution in [-0.2, 0) is 6.42 Å². The standard InChI is InChI=1S/C11H15BrN2O2/c1-7(8(2)13)6-9-4-3-5-10(11(9)12)14(15)16/h3-5,7-8H,6,13H2,1-2H3. The van der Waals surface area contributed by atoms with E-state index in [1.807, 2.05) is 19.9 Å². The third-order valence-electron chi connectivity index (χ3n) is 2.69. The van der Waals surface area contributed by atoms with Gasteiger partial charge in [-0.1, -0.05) is 19.1 Å². The second kappa shape index (κ2) is 5.41. The molecule has 0 aromatic heterocycles. The van der Waals surface area contributed by atoms with Crippen LogP contribution in [0.25, 0.3) is 0 Å². The fraction of sp³-hybridized carbons (Fsp3) is 0.455. The fourth-order valence-corrected chi connectivity index (χ4v) is 1.97. The van der Waals surface area contributed by atoms with E-state index >= 15 is 0 Å². The predicted molar refractivity (Wildman–Crippen MR) is 67.3 cm³/mol. The number of nitro groups is 1. The van der Waals surface area contributed by atoms with Gasteiger partial charge in [-0.15, -0.1) is 0 Å². The first kappa shape index (κ1) is 13.1. The smallest absolute Gasteiger partial charge is 0.283 e. The molecule has 0 heterocycles. The molecule has 1 aromatic carbocycles. The molecule has 0 bridgehead atoms. The zero-order valence-electron chi connectivity index (χ0n) is 9.31. The summed E-state index contributed by atoms with van der Waals surface area (Å²) in [6, 6.07) is 5.15. The summed E-state index contributed by atoms with van der Waals surface area (Å²) in [5, 5.41) is 10.7. The van der Waals surface area contributed by atoms with Crippen LogP contribution in [0.3, 0.4) is 0 Å². The molecule has 4 nitrogen and oxygen atoms in total. The summed E-state index contributed by atoms with van der Waals surface area (Å²) in [7, 11) is 0. The maximum absolute atomic E-state index is 10.7. The predicted octanol–water partition coefficient (Wildman–Crippen LogP) is 2.88. The Morgan fingerprint density at radius 3 is 2.62 bits per heavy atom. The lowest BCUT2D eigenvalue weighted by Gasteiger charge is -2.16. The molecule has 1 rings (SSSR count). The molecule has 16 heavy (non-hydrogen) atoms. The van der Waals surface area contributed by atoms with Crippen molar-refractivity contribution in [3.8, 4) is 0 Å². The van der Waals surface area contributed by atoms with Crippen LogP contribution in [-0.4, -0.2) is 11.0 Å². The van der Waals surface area contributed by atoms with Crippen LogP contribution in [0.2, 0.25) is 0 Å². The minimum Gasteiger partial charge on any atom is -0.328 e. The van der Waals surface area contributed by atoms with Gasteiger partial charge in [0.1, 0.15) is 0 Å². The molecular weight excluding hydrogens is 272 g/mol. The lowest BCUT2D eigenvalue weighted by Crippen LogP contribution is -2.25. The van der Waals surface area contributed by atoms with Crippen molar-refractivity contribution in [3.63, 3.8) is 0 Å². The van der Waals surface area contributed by atoms with Crippen molar-refractivity contribution in [3.05, 3.63) is 38.3 Å². The minimum atomic E-state index is -0.385. The van der Waals surface area contributed by atoms with Crippen molar-refractivity contribution < 1.29 is 4.92 Å².